The molecule has 0 bridgehead atoms. The van der Waals surface area contributed by atoms with Gasteiger partial charge >= 0.3 is 0 Å². The van der Waals surface area contributed by atoms with Crippen LogP contribution in [0.2, 0.25) is 0 Å². The van der Waals surface area contributed by atoms with Gasteiger partial charge in [0.1, 0.15) is 11.6 Å². The Labute approximate surface area is 122 Å². The predicted molar refractivity (Wildman–Crippen MR) is 77.7 cm³/mol. The summed E-state index contributed by atoms with van der Waals surface area (Å²) in [4.78, 5) is 11.9. The maximum Gasteiger partial charge on any atom is 0.241 e. The van der Waals surface area contributed by atoms with Crippen molar-refractivity contribution >= 4 is 11.6 Å². The van der Waals surface area contributed by atoms with E-state index in [0.29, 0.717) is 5.56 Å². The summed E-state index contributed by atoms with van der Waals surface area (Å²) in [6, 6.07) is 11.7. The Hall–Kier alpha value is -2.27. The van der Waals surface area contributed by atoms with Crippen LogP contribution in [0.5, 0.6) is 0 Å². The first kappa shape index (κ1) is 15.1. The molecule has 0 spiro atoms. The standard InChI is InChI=1S/C16H16F2N2O/c1-11(19-10-12-6-2-3-7-13(12)17)16(21)20-15-9-5-4-8-14(15)18/h2-9,11,19H,10H2,1H3,(H,20,21)/t11-/m0/s1. The molecule has 0 saturated heterocycles. The number of nitrogens with one attached hydrogen (secondary N) is 2. The van der Waals surface area contributed by atoms with Gasteiger partial charge in [0.05, 0.1) is 11.7 Å². The zero-order chi connectivity index (χ0) is 15.2. The molecule has 2 N–H and O–H groups in total. The fourth-order valence-electron chi connectivity index (χ4n) is 1.80. The highest BCUT2D eigenvalue weighted by Gasteiger charge is 2.14. The first-order chi connectivity index (χ1) is 10.1. The van der Waals surface area contributed by atoms with Crippen molar-refractivity contribution in [3.8, 4) is 0 Å². The number of carbonyl (C=O) groups excluding carboxylic acids is 1. The van der Waals surface area contributed by atoms with Crippen LogP contribution in [-0.2, 0) is 11.3 Å². The highest BCUT2D eigenvalue weighted by atomic mass is 19.1. The molecule has 0 unspecified atom stereocenters. The molecule has 2 aromatic carbocycles. The molecule has 0 saturated carbocycles. The maximum absolute atomic E-state index is 13.5. The highest BCUT2D eigenvalue weighted by Crippen LogP contribution is 2.12. The van der Waals surface area contributed by atoms with Crippen molar-refractivity contribution in [3.05, 3.63) is 65.7 Å². The molecule has 0 fully saturated rings. The SMILES string of the molecule is C[C@H](NCc1ccccc1F)C(=O)Nc1ccccc1F. The largest absolute Gasteiger partial charge is 0.322 e. The van der Waals surface area contributed by atoms with E-state index in [1.54, 1.807) is 37.3 Å². The third-order valence-electron chi connectivity index (χ3n) is 3.08. The topological polar surface area (TPSA) is 41.1 Å². The van der Waals surface area contributed by atoms with Gasteiger partial charge in [0, 0.05) is 12.1 Å². The zero-order valence-electron chi connectivity index (χ0n) is 11.6. The molecule has 0 aliphatic carbocycles. The summed E-state index contributed by atoms with van der Waals surface area (Å²) in [5, 5.41) is 5.40. The third kappa shape index (κ3) is 4.10. The molecule has 2 aromatic rings. The summed E-state index contributed by atoms with van der Waals surface area (Å²) in [6.07, 6.45) is 0. The van der Waals surface area contributed by atoms with Crippen LogP contribution < -0.4 is 10.6 Å². The Morgan fingerprint density at radius 2 is 1.67 bits per heavy atom. The predicted octanol–water partition coefficient (Wildman–Crippen LogP) is 3.08. The molecule has 0 heterocycles. The van der Waals surface area contributed by atoms with Crippen LogP contribution in [0.4, 0.5) is 14.5 Å². The van der Waals surface area contributed by atoms with E-state index < -0.39 is 11.9 Å². The lowest BCUT2D eigenvalue weighted by Crippen LogP contribution is -2.37. The number of benzene rings is 2. The molecule has 0 radical (unpaired) electrons. The van der Waals surface area contributed by atoms with Crippen molar-refractivity contribution in [1.82, 2.24) is 5.32 Å². The van der Waals surface area contributed by atoms with Crippen molar-refractivity contribution in [2.24, 2.45) is 0 Å². The summed E-state index contributed by atoms with van der Waals surface area (Å²) in [5.41, 5.74) is 0.602. The normalized spacial score (nSPS) is 12.0. The summed E-state index contributed by atoms with van der Waals surface area (Å²) >= 11 is 0. The van der Waals surface area contributed by atoms with Crippen molar-refractivity contribution in [3.63, 3.8) is 0 Å². The molecule has 21 heavy (non-hydrogen) atoms. The van der Waals surface area contributed by atoms with Gasteiger partial charge in [-0.2, -0.15) is 0 Å². The van der Waals surface area contributed by atoms with Crippen LogP contribution in [0.1, 0.15) is 12.5 Å². The average Bonchev–Trinajstić information content (AvgIpc) is 2.48. The van der Waals surface area contributed by atoms with E-state index in [2.05, 4.69) is 10.6 Å². The molecule has 2 rings (SSSR count). The Kier molecular flexibility index (Phi) is 5.00. The van der Waals surface area contributed by atoms with E-state index in [-0.39, 0.29) is 24.0 Å². The Bertz CT molecular complexity index is 631. The first-order valence-corrected chi connectivity index (χ1v) is 6.60. The molecule has 5 heteroatoms. The van der Waals surface area contributed by atoms with Crippen LogP contribution in [-0.4, -0.2) is 11.9 Å². The van der Waals surface area contributed by atoms with Gasteiger partial charge in [0.25, 0.3) is 0 Å². The van der Waals surface area contributed by atoms with Crippen molar-refractivity contribution in [2.75, 3.05) is 5.32 Å². The van der Waals surface area contributed by atoms with Crippen LogP contribution in [0.25, 0.3) is 0 Å². The fraction of sp³-hybridized carbons (Fsp3) is 0.188. The Morgan fingerprint density at radius 3 is 2.33 bits per heavy atom. The molecule has 1 atom stereocenters. The first-order valence-electron chi connectivity index (χ1n) is 6.60. The molecular formula is C16H16F2N2O. The number of hydrogen-bond donors (Lipinski definition) is 2. The monoisotopic (exact) mass is 290 g/mol. The number of rotatable bonds is 5. The number of hydrogen-bond acceptors (Lipinski definition) is 2. The lowest BCUT2D eigenvalue weighted by atomic mass is 10.2. The second kappa shape index (κ2) is 6.95. The van der Waals surface area contributed by atoms with E-state index in [9.17, 15) is 13.6 Å². The summed E-state index contributed by atoms with van der Waals surface area (Å²) in [5.74, 6) is -1.20. The van der Waals surface area contributed by atoms with E-state index >= 15 is 0 Å². The van der Waals surface area contributed by atoms with Crippen LogP contribution in [0.3, 0.4) is 0 Å². The molecule has 3 nitrogen and oxygen atoms in total. The number of anilines is 1. The van der Waals surface area contributed by atoms with Gasteiger partial charge in [0.15, 0.2) is 0 Å². The molecule has 0 aliphatic rings. The maximum atomic E-state index is 13.5. The van der Waals surface area contributed by atoms with Crippen molar-refractivity contribution in [1.29, 1.82) is 0 Å². The van der Waals surface area contributed by atoms with E-state index in [4.69, 9.17) is 0 Å². The van der Waals surface area contributed by atoms with Gasteiger partial charge in [-0.05, 0) is 25.1 Å². The average molecular weight is 290 g/mol. The van der Waals surface area contributed by atoms with E-state index in [0.717, 1.165) is 0 Å². The van der Waals surface area contributed by atoms with Crippen molar-refractivity contribution in [2.45, 2.75) is 19.5 Å². The summed E-state index contributed by atoms with van der Waals surface area (Å²) in [7, 11) is 0. The van der Waals surface area contributed by atoms with Gasteiger partial charge < -0.3 is 10.6 Å². The fourth-order valence-corrected chi connectivity index (χ4v) is 1.80. The molecule has 110 valence electrons. The summed E-state index contributed by atoms with van der Waals surface area (Å²) in [6.45, 7) is 1.86. The quantitative estimate of drug-likeness (QED) is 0.888. The Morgan fingerprint density at radius 1 is 1.05 bits per heavy atom. The van der Waals surface area contributed by atoms with Gasteiger partial charge in [0.2, 0.25) is 5.91 Å². The number of halogens is 2. The van der Waals surface area contributed by atoms with Crippen LogP contribution >= 0.6 is 0 Å². The molecule has 0 aliphatic heterocycles. The minimum Gasteiger partial charge on any atom is -0.322 e. The number of carbonyl (C=O) groups is 1. The minimum atomic E-state index is -0.579. The van der Waals surface area contributed by atoms with E-state index in [1.165, 1.54) is 18.2 Å². The minimum absolute atomic E-state index is 0.127. The van der Waals surface area contributed by atoms with E-state index in [1.807, 2.05) is 0 Å². The van der Waals surface area contributed by atoms with Gasteiger partial charge in [-0.3, -0.25) is 4.79 Å². The van der Waals surface area contributed by atoms with Crippen LogP contribution in [0.15, 0.2) is 48.5 Å². The number of amides is 1. The lowest BCUT2D eigenvalue weighted by molar-refractivity contribution is -0.117. The highest BCUT2D eigenvalue weighted by molar-refractivity contribution is 5.94. The molecule has 1 amide bonds. The second-order valence-corrected chi connectivity index (χ2v) is 4.66. The lowest BCUT2D eigenvalue weighted by Gasteiger charge is -2.14. The Balaban J connectivity index is 1.91. The van der Waals surface area contributed by atoms with Crippen LogP contribution in [0, 0.1) is 11.6 Å². The second-order valence-electron chi connectivity index (χ2n) is 4.66. The smallest absolute Gasteiger partial charge is 0.241 e. The van der Waals surface area contributed by atoms with Crippen molar-refractivity contribution < 1.29 is 13.6 Å². The zero-order valence-corrected chi connectivity index (χ0v) is 11.6. The van der Waals surface area contributed by atoms with Gasteiger partial charge in [-0.1, -0.05) is 30.3 Å². The third-order valence-corrected chi connectivity index (χ3v) is 3.08. The summed E-state index contributed by atoms with van der Waals surface area (Å²) < 4.78 is 26.9. The molecular weight excluding hydrogens is 274 g/mol. The van der Waals surface area contributed by atoms with Gasteiger partial charge in [-0.15, -0.1) is 0 Å². The number of para-hydroxylation sites is 1. The molecule has 0 aromatic heterocycles. The van der Waals surface area contributed by atoms with Gasteiger partial charge in [-0.25, -0.2) is 8.78 Å².